The van der Waals surface area contributed by atoms with E-state index in [1.807, 2.05) is 49.5 Å². The Morgan fingerprint density at radius 1 is 1.17 bits per heavy atom. The molecule has 3 rings (SSSR count). The molecule has 90 valence electrons. The minimum absolute atomic E-state index is 0.716. The number of hydrogen-bond acceptors (Lipinski definition) is 3. The first-order valence-corrected chi connectivity index (χ1v) is 5.92. The smallest absolute Gasteiger partial charge is 0.137 e. The van der Waals surface area contributed by atoms with Gasteiger partial charge >= 0.3 is 0 Å². The predicted octanol–water partition coefficient (Wildman–Crippen LogP) is 2.65. The van der Waals surface area contributed by atoms with Crippen LogP contribution in [0.25, 0.3) is 5.65 Å². The topological polar surface area (TPSA) is 42.2 Å². The fraction of sp³-hybridized carbons (Fsp3) is 0.143. The number of hydrogen-bond donors (Lipinski definition) is 1. The van der Waals surface area contributed by atoms with Crippen LogP contribution in [0.5, 0.6) is 0 Å². The molecule has 0 fully saturated rings. The summed E-state index contributed by atoms with van der Waals surface area (Å²) < 4.78 is 2.10. The van der Waals surface area contributed by atoms with E-state index in [-0.39, 0.29) is 0 Å². The molecule has 0 bridgehead atoms. The van der Waals surface area contributed by atoms with Crippen LogP contribution in [0.1, 0.15) is 11.4 Å². The number of nitrogens with zero attached hydrogens (tertiary/aromatic N) is 3. The van der Waals surface area contributed by atoms with Gasteiger partial charge in [0.05, 0.1) is 17.9 Å². The maximum atomic E-state index is 4.53. The van der Waals surface area contributed by atoms with Crippen LogP contribution in [0.4, 0.5) is 5.82 Å². The third-order valence-electron chi connectivity index (χ3n) is 2.93. The lowest BCUT2D eigenvalue weighted by atomic mass is 10.3. The minimum Gasteiger partial charge on any atom is -0.364 e. The Kier molecular flexibility index (Phi) is 2.68. The molecule has 1 N–H and O–H groups in total. The fourth-order valence-corrected chi connectivity index (χ4v) is 2.02. The molecule has 0 radical (unpaired) electrons. The van der Waals surface area contributed by atoms with E-state index >= 15 is 0 Å². The predicted molar refractivity (Wildman–Crippen MR) is 71.5 cm³/mol. The van der Waals surface area contributed by atoms with E-state index in [0.717, 1.165) is 22.9 Å². The molecule has 0 spiro atoms. The van der Waals surface area contributed by atoms with Crippen molar-refractivity contribution in [2.75, 3.05) is 5.32 Å². The van der Waals surface area contributed by atoms with E-state index in [1.165, 1.54) is 0 Å². The molecule has 0 aliphatic carbocycles. The monoisotopic (exact) mass is 238 g/mol. The Labute approximate surface area is 105 Å². The summed E-state index contributed by atoms with van der Waals surface area (Å²) in [6, 6.07) is 11.9. The van der Waals surface area contributed by atoms with Gasteiger partial charge in [0.1, 0.15) is 11.5 Å². The molecule has 0 aromatic carbocycles. The summed E-state index contributed by atoms with van der Waals surface area (Å²) in [6.45, 7) is 2.75. The van der Waals surface area contributed by atoms with E-state index in [4.69, 9.17) is 0 Å². The first-order chi connectivity index (χ1) is 8.84. The Morgan fingerprint density at radius 3 is 2.89 bits per heavy atom. The zero-order valence-electron chi connectivity index (χ0n) is 10.2. The van der Waals surface area contributed by atoms with E-state index in [2.05, 4.69) is 19.7 Å². The molecule has 0 aliphatic rings. The third-order valence-corrected chi connectivity index (χ3v) is 2.93. The molecule has 3 aromatic heterocycles. The molecule has 0 aliphatic heterocycles. The highest BCUT2D eigenvalue weighted by atomic mass is 15.1. The van der Waals surface area contributed by atoms with Crippen LogP contribution >= 0.6 is 0 Å². The van der Waals surface area contributed by atoms with Crippen molar-refractivity contribution in [3.63, 3.8) is 0 Å². The van der Waals surface area contributed by atoms with E-state index in [9.17, 15) is 0 Å². The highest BCUT2D eigenvalue weighted by Crippen LogP contribution is 2.13. The average molecular weight is 238 g/mol. The van der Waals surface area contributed by atoms with Gasteiger partial charge in [0.2, 0.25) is 0 Å². The second-order valence-electron chi connectivity index (χ2n) is 4.14. The molecule has 0 amide bonds. The van der Waals surface area contributed by atoms with Gasteiger partial charge < -0.3 is 9.72 Å². The number of nitrogens with one attached hydrogen (secondary N) is 1. The molecule has 0 saturated carbocycles. The number of aromatic nitrogens is 3. The Hall–Kier alpha value is -2.36. The van der Waals surface area contributed by atoms with Crippen LogP contribution in [0.3, 0.4) is 0 Å². The number of imidazole rings is 1. The SMILES string of the molecule is Cc1nc2ccccn2c1CNc1ccccn1. The summed E-state index contributed by atoms with van der Waals surface area (Å²) in [5.41, 5.74) is 3.19. The highest BCUT2D eigenvalue weighted by Gasteiger charge is 2.07. The Bertz CT molecular complexity index is 658. The number of anilines is 1. The molecule has 4 nitrogen and oxygen atoms in total. The van der Waals surface area contributed by atoms with E-state index in [0.29, 0.717) is 6.54 Å². The maximum Gasteiger partial charge on any atom is 0.137 e. The van der Waals surface area contributed by atoms with Crippen molar-refractivity contribution in [3.8, 4) is 0 Å². The zero-order chi connectivity index (χ0) is 12.4. The summed E-state index contributed by atoms with van der Waals surface area (Å²) >= 11 is 0. The van der Waals surface area contributed by atoms with Crippen molar-refractivity contribution in [1.82, 2.24) is 14.4 Å². The normalized spacial score (nSPS) is 10.7. The molecular formula is C14H14N4. The van der Waals surface area contributed by atoms with Gasteiger partial charge in [-0.15, -0.1) is 0 Å². The van der Waals surface area contributed by atoms with Gasteiger partial charge in [-0.05, 0) is 31.2 Å². The van der Waals surface area contributed by atoms with Crippen molar-refractivity contribution in [2.45, 2.75) is 13.5 Å². The minimum atomic E-state index is 0.716. The van der Waals surface area contributed by atoms with Crippen molar-refractivity contribution in [3.05, 3.63) is 60.2 Å². The quantitative estimate of drug-likeness (QED) is 0.762. The highest BCUT2D eigenvalue weighted by molar-refractivity contribution is 5.44. The Balaban J connectivity index is 1.89. The van der Waals surface area contributed by atoms with Gasteiger partial charge in [-0.3, -0.25) is 0 Å². The Morgan fingerprint density at radius 2 is 2.06 bits per heavy atom. The van der Waals surface area contributed by atoms with Gasteiger partial charge in [-0.2, -0.15) is 0 Å². The number of fused-ring (bicyclic) bond motifs is 1. The van der Waals surface area contributed by atoms with Crippen LogP contribution in [-0.4, -0.2) is 14.4 Å². The largest absolute Gasteiger partial charge is 0.364 e. The van der Waals surface area contributed by atoms with Gasteiger partial charge in [-0.25, -0.2) is 9.97 Å². The van der Waals surface area contributed by atoms with Gasteiger partial charge in [0.15, 0.2) is 0 Å². The number of rotatable bonds is 3. The standard InChI is InChI=1S/C14H14N4/c1-11-12(10-16-13-6-2-4-8-15-13)18-9-5-3-7-14(18)17-11/h2-9H,10H2,1H3,(H,15,16). The van der Waals surface area contributed by atoms with Gasteiger partial charge in [-0.1, -0.05) is 12.1 Å². The lowest BCUT2D eigenvalue weighted by Crippen LogP contribution is -2.04. The van der Waals surface area contributed by atoms with Crippen LogP contribution in [0, 0.1) is 6.92 Å². The maximum absolute atomic E-state index is 4.53. The second kappa shape index (κ2) is 4.49. The molecule has 18 heavy (non-hydrogen) atoms. The number of aryl methyl sites for hydroxylation is 1. The average Bonchev–Trinajstić information content (AvgIpc) is 2.73. The van der Waals surface area contributed by atoms with Gasteiger partial charge in [0, 0.05) is 12.4 Å². The molecule has 4 heteroatoms. The first kappa shape index (κ1) is 10.8. The van der Waals surface area contributed by atoms with Crippen LogP contribution in [0.2, 0.25) is 0 Å². The molecule has 0 unspecified atom stereocenters. The van der Waals surface area contributed by atoms with Crippen LogP contribution in [0.15, 0.2) is 48.8 Å². The molecule has 0 saturated heterocycles. The molecule has 0 atom stereocenters. The lowest BCUT2D eigenvalue weighted by Gasteiger charge is -2.06. The molecular weight excluding hydrogens is 224 g/mol. The van der Waals surface area contributed by atoms with Crippen molar-refractivity contribution in [1.29, 1.82) is 0 Å². The molecule has 3 heterocycles. The second-order valence-corrected chi connectivity index (χ2v) is 4.14. The molecule has 3 aromatic rings. The van der Waals surface area contributed by atoms with Gasteiger partial charge in [0.25, 0.3) is 0 Å². The fourth-order valence-electron chi connectivity index (χ4n) is 2.02. The summed E-state index contributed by atoms with van der Waals surface area (Å²) in [4.78, 5) is 8.78. The summed E-state index contributed by atoms with van der Waals surface area (Å²) in [5.74, 6) is 0.878. The van der Waals surface area contributed by atoms with E-state index in [1.54, 1.807) is 6.20 Å². The summed E-state index contributed by atoms with van der Waals surface area (Å²) in [6.07, 6.45) is 3.81. The van der Waals surface area contributed by atoms with Crippen molar-refractivity contribution in [2.24, 2.45) is 0 Å². The zero-order valence-corrected chi connectivity index (χ0v) is 10.2. The third kappa shape index (κ3) is 1.93. The van der Waals surface area contributed by atoms with Crippen LogP contribution < -0.4 is 5.32 Å². The van der Waals surface area contributed by atoms with Crippen molar-refractivity contribution >= 4 is 11.5 Å². The summed E-state index contributed by atoms with van der Waals surface area (Å²) in [5, 5.41) is 3.31. The van der Waals surface area contributed by atoms with Crippen LogP contribution in [-0.2, 0) is 6.54 Å². The summed E-state index contributed by atoms with van der Waals surface area (Å²) in [7, 11) is 0. The van der Waals surface area contributed by atoms with Crippen molar-refractivity contribution < 1.29 is 0 Å². The lowest BCUT2D eigenvalue weighted by molar-refractivity contribution is 0.977. The number of pyridine rings is 2. The van der Waals surface area contributed by atoms with E-state index < -0.39 is 0 Å². The first-order valence-electron chi connectivity index (χ1n) is 5.92.